The average Bonchev–Trinajstić information content (AvgIpc) is 3.03. The molecular formula is C40H76Cu2O8. The largest absolute Gasteiger partial charge is 2.00 e. The van der Waals surface area contributed by atoms with Gasteiger partial charge in [-0.25, -0.2) is 0 Å². The summed E-state index contributed by atoms with van der Waals surface area (Å²) >= 11 is 0. The number of carboxylic acids is 4. The Balaban J connectivity index is -0.000000127. The van der Waals surface area contributed by atoms with Gasteiger partial charge in [-0.15, -0.1) is 0 Å². The molecule has 10 heteroatoms. The molecule has 0 N–H and O–H groups in total. The van der Waals surface area contributed by atoms with Gasteiger partial charge in [-0.1, -0.05) is 182 Å². The van der Waals surface area contributed by atoms with Gasteiger partial charge in [0.2, 0.25) is 0 Å². The number of carbonyl (C=O) groups excluding carboxylic acids is 4. The predicted octanol–water partition coefficient (Wildman–Crippen LogP) is 7.50. The molecule has 2 radical (unpaired) electrons. The first kappa shape index (κ1) is 61.0. The smallest absolute Gasteiger partial charge is 0.550 e. The van der Waals surface area contributed by atoms with Crippen molar-refractivity contribution in [2.24, 2.45) is 0 Å². The molecule has 0 unspecified atom stereocenters. The fourth-order valence-electron chi connectivity index (χ4n) is 4.91. The van der Waals surface area contributed by atoms with Gasteiger partial charge in [0.1, 0.15) is 0 Å². The molecule has 0 aliphatic rings. The van der Waals surface area contributed by atoms with Crippen LogP contribution in [0.4, 0.5) is 0 Å². The molecule has 0 spiro atoms. The second kappa shape index (κ2) is 57.3. The summed E-state index contributed by atoms with van der Waals surface area (Å²) < 4.78 is 0. The minimum absolute atomic E-state index is 0. The van der Waals surface area contributed by atoms with Gasteiger partial charge in [0, 0.05) is 23.9 Å². The summed E-state index contributed by atoms with van der Waals surface area (Å²) in [5.41, 5.74) is 0. The van der Waals surface area contributed by atoms with Gasteiger partial charge in [0.05, 0.1) is 0 Å². The second-order valence-electron chi connectivity index (χ2n) is 13.0. The second-order valence-corrected chi connectivity index (χ2v) is 13.0. The van der Waals surface area contributed by atoms with Crippen LogP contribution >= 0.6 is 0 Å². The van der Waals surface area contributed by atoms with Crippen LogP contribution in [-0.4, -0.2) is 23.9 Å². The topological polar surface area (TPSA) is 161 Å². The van der Waals surface area contributed by atoms with E-state index in [9.17, 15) is 39.6 Å². The molecule has 0 aromatic carbocycles. The standard InChI is InChI=1S/4C10H20O2.2Cu/c4*1-2-3-4-5-6-7-8-9-10(11)12;;/h4*2-9H2,1H3,(H,11,12);;/q;;;;2*+2/p-4. The van der Waals surface area contributed by atoms with Crippen molar-refractivity contribution < 1.29 is 73.7 Å². The van der Waals surface area contributed by atoms with Crippen LogP contribution in [0.2, 0.25) is 0 Å². The Bertz CT molecular complexity index is 566. The Labute approximate surface area is 329 Å². The van der Waals surface area contributed by atoms with E-state index in [1.54, 1.807) is 0 Å². The Morgan fingerprint density at radius 1 is 0.260 bits per heavy atom. The zero-order valence-corrected chi connectivity index (χ0v) is 34.4. The SMILES string of the molecule is CCCCCCCCCC(=O)[O-].CCCCCCCCCC(=O)[O-].CCCCCCCCCC(=O)[O-].CCCCCCCCCC(=O)[O-].[Cu+2].[Cu+2]. The third kappa shape index (κ3) is 81.1. The molecule has 0 fully saturated rings. The van der Waals surface area contributed by atoms with Crippen molar-refractivity contribution in [1.82, 2.24) is 0 Å². The van der Waals surface area contributed by atoms with E-state index in [4.69, 9.17) is 0 Å². The van der Waals surface area contributed by atoms with E-state index in [1.165, 1.54) is 128 Å². The van der Waals surface area contributed by atoms with Gasteiger partial charge < -0.3 is 39.6 Å². The van der Waals surface area contributed by atoms with Crippen LogP contribution in [0.5, 0.6) is 0 Å². The number of rotatable bonds is 32. The van der Waals surface area contributed by atoms with Crippen molar-refractivity contribution >= 4 is 23.9 Å². The summed E-state index contributed by atoms with van der Waals surface area (Å²) in [5, 5.41) is 40.1. The zero-order chi connectivity index (χ0) is 36.9. The van der Waals surface area contributed by atoms with Crippen LogP contribution in [-0.2, 0) is 53.3 Å². The van der Waals surface area contributed by atoms with Gasteiger partial charge in [-0.05, 0) is 51.4 Å². The molecule has 50 heavy (non-hydrogen) atoms. The Hall–Kier alpha value is -1.08. The van der Waals surface area contributed by atoms with Crippen molar-refractivity contribution in [2.45, 2.75) is 233 Å². The molecule has 0 amide bonds. The number of hydrogen-bond donors (Lipinski definition) is 0. The van der Waals surface area contributed by atoms with E-state index >= 15 is 0 Å². The molecule has 0 heterocycles. The fourth-order valence-corrected chi connectivity index (χ4v) is 4.91. The number of carbonyl (C=O) groups is 4. The van der Waals surface area contributed by atoms with Gasteiger partial charge in [-0.3, -0.25) is 0 Å². The van der Waals surface area contributed by atoms with Gasteiger partial charge in [0.25, 0.3) is 0 Å². The normalized spacial score (nSPS) is 9.68. The Morgan fingerprint density at radius 3 is 0.500 bits per heavy atom. The zero-order valence-electron chi connectivity index (χ0n) is 32.5. The molecule has 0 atom stereocenters. The third-order valence-electron chi connectivity index (χ3n) is 7.94. The maximum absolute atomic E-state index is 10.0. The van der Waals surface area contributed by atoms with Gasteiger partial charge >= 0.3 is 34.1 Å². The molecule has 306 valence electrons. The van der Waals surface area contributed by atoms with E-state index < -0.39 is 23.9 Å². The average molecular weight is 812 g/mol. The first-order chi connectivity index (χ1) is 23.1. The summed E-state index contributed by atoms with van der Waals surface area (Å²) in [7, 11) is 0. The minimum atomic E-state index is -0.913. The van der Waals surface area contributed by atoms with Crippen LogP contribution in [0.3, 0.4) is 0 Å². The molecule has 8 nitrogen and oxygen atoms in total. The molecule has 0 aliphatic heterocycles. The number of unbranched alkanes of at least 4 members (excludes halogenated alkanes) is 24. The molecule has 0 aromatic rings. The number of aliphatic carboxylic acids is 4. The van der Waals surface area contributed by atoms with E-state index in [1.807, 2.05) is 0 Å². The van der Waals surface area contributed by atoms with E-state index in [0.717, 1.165) is 51.4 Å². The van der Waals surface area contributed by atoms with Gasteiger partial charge in [-0.2, -0.15) is 0 Å². The maximum atomic E-state index is 10.0. The minimum Gasteiger partial charge on any atom is -0.550 e. The summed E-state index contributed by atoms with van der Waals surface area (Å²) in [5.74, 6) is -3.65. The van der Waals surface area contributed by atoms with Gasteiger partial charge in [0.15, 0.2) is 0 Å². The van der Waals surface area contributed by atoms with Crippen molar-refractivity contribution in [3.8, 4) is 0 Å². The molecule has 0 bridgehead atoms. The van der Waals surface area contributed by atoms with Crippen molar-refractivity contribution in [3.63, 3.8) is 0 Å². The van der Waals surface area contributed by atoms with Crippen LogP contribution in [0, 0.1) is 0 Å². The van der Waals surface area contributed by atoms with Crippen molar-refractivity contribution in [1.29, 1.82) is 0 Å². The Kier molecular flexibility index (Phi) is 69.8. The summed E-state index contributed by atoms with van der Waals surface area (Å²) in [6.07, 6.45) is 33.4. The summed E-state index contributed by atoms with van der Waals surface area (Å²) in [6.45, 7) is 8.76. The number of carboxylic acid groups (broad SMARTS) is 4. The van der Waals surface area contributed by atoms with Crippen LogP contribution in [0.25, 0.3) is 0 Å². The van der Waals surface area contributed by atoms with Crippen LogP contribution in [0.1, 0.15) is 233 Å². The first-order valence-electron chi connectivity index (χ1n) is 19.9. The molecule has 0 aromatic heterocycles. The predicted molar refractivity (Wildman–Crippen MR) is 190 cm³/mol. The van der Waals surface area contributed by atoms with E-state index in [-0.39, 0.29) is 59.8 Å². The molecule has 0 saturated heterocycles. The molecule has 0 rings (SSSR count). The summed E-state index contributed by atoms with van der Waals surface area (Å²) in [6, 6.07) is 0. The van der Waals surface area contributed by atoms with E-state index in [0.29, 0.717) is 0 Å². The summed E-state index contributed by atoms with van der Waals surface area (Å²) in [4.78, 5) is 40.1. The van der Waals surface area contributed by atoms with Crippen molar-refractivity contribution in [2.75, 3.05) is 0 Å². The third-order valence-corrected chi connectivity index (χ3v) is 7.94. The quantitative estimate of drug-likeness (QED) is 0.0499. The Morgan fingerprint density at radius 2 is 0.380 bits per heavy atom. The molecule has 0 saturated carbocycles. The number of hydrogen-bond acceptors (Lipinski definition) is 8. The fraction of sp³-hybridized carbons (Fsp3) is 0.900. The molecule has 0 aliphatic carbocycles. The van der Waals surface area contributed by atoms with E-state index in [2.05, 4.69) is 27.7 Å². The van der Waals surface area contributed by atoms with Crippen LogP contribution < -0.4 is 20.4 Å². The first-order valence-corrected chi connectivity index (χ1v) is 19.9. The monoisotopic (exact) mass is 810 g/mol. The van der Waals surface area contributed by atoms with Crippen LogP contribution in [0.15, 0.2) is 0 Å². The maximum Gasteiger partial charge on any atom is 2.00 e. The molecular weight excluding hydrogens is 736 g/mol. The van der Waals surface area contributed by atoms with Crippen molar-refractivity contribution in [3.05, 3.63) is 0 Å².